The predicted molar refractivity (Wildman–Crippen MR) is 121 cm³/mol. The highest BCUT2D eigenvalue weighted by molar-refractivity contribution is 5.79. The first-order valence-corrected chi connectivity index (χ1v) is 11.1. The van der Waals surface area contributed by atoms with Gasteiger partial charge in [0.2, 0.25) is 0 Å². The van der Waals surface area contributed by atoms with Crippen molar-refractivity contribution in [3.8, 4) is 11.5 Å². The minimum atomic E-state index is 0.0126. The number of ether oxygens (including phenoxy) is 2. The molecular formula is C22H34N6O3. The number of aliphatic imine (C=N–C) groups is 1. The molecule has 1 aromatic heterocycles. The van der Waals surface area contributed by atoms with Crippen molar-refractivity contribution in [2.24, 2.45) is 4.99 Å². The summed E-state index contributed by atoms with van der Waals surface area (Å²) >= 11 is 0. The molecule has 9 heteroatoms. The smallest absolute Gasteiger partial charge is 0.345 e. The van der Waals surface area contributed by atoms with Crippen LogP contribution in [-0.2, 0) is 25.9 Å². The van der Waals surface area contributed by atoms with Crippen LogP contribution in [-0.4, -0.2) is 54.2 Å². The van der Waals surface area contributed by atoms with Crippen molar-refractivity contribution in [2.75, 3.05) is 33.9 Å². The van der Waals surface area contributed by atoms with E-state index in [1.165, 1.54) is 0 Å². The van der Waals surface area contributed by atoms with E-state index in [1.807, 2.05) is 29.7 Å². The fourth-order valence-electron chi connectivity index (χ4n) is 3.71. The van der Waals surface area contributed by atoms with E-state index in [0.29, 0.717) is 13.1 Å². The molecule has 0 bridgehead atoms. The van der Waals surface area contributed by atoms with Crippen LogP contribution in [0, 0.1) is 0 Å². The van der Waals surface area contributed by atoms with Gasteiger partial charge in [-0.25, -0.2) is 9.48 Å². The molecule has 0 spiro atoms. The number of methoxy groups -OCH3 is 2. The molecule has 2 N–H and O–H groups in total. The third-order valence-electron chi connectivity index (χ3n) is 5.33. The molecule has 0 atom stereocenters. The fraction of sp³-hybridized carbons (Fsp3) is 0.591. The van der Waals surface area contributed by atoms with Gasteiger partial charge in [0.05, 0.1) is 14.2 Å². The standard InChI is InChI=1S/C22H34N6O3/c1-4-23-21(25-13-11-17-9-10-18(30-2)19(16-17)31-3)24-12-7-15-28-22(29)27-14-6-5-8-20(27)26-28/h9-10,16H,4-8,11-15H2,1-3H3,(H2,23,24,25). The van der Waals surface area contributed by atoms with E-state index in [4.69, 9.17) is 9.47 Å². The molecule has 0 radical (unpaired) electrons. The van der Waals surface area contributed by atoms with Crippen molar-refractivity contribution >= 4 is 5.96 Å². The molecule has 0 amide bonds. The number of nitrogens with one attached hydrogen (secondary N) is 2. The van der Waals surface area contributed by atoms with Crippen molar-refractivity contribution < 1.29 is 9.47 Å². The summed E-state index contributed by atoms with van der Waals surface area (Å²) in [6.45, 7) is 5.58. The van der Waals surface area contributed by atoms with E-state index < -0.39 is 0 Å². The van der Waals surface area contributed by atoms with Gasteiger partial charge in [-0.2, -0.15) is 5.10 Å². The van der Waals surface area contributed by atoms with Crippen LogP contribution in [0.3, 0.4) is 0 Å². The van der Waals surface area contributed by atoms with Crippen LogP contribution < -0.4 is 25.8 Å². The summed E-state index contributed by atoms with van der Waals surface area (Å²) in [4.78, 5) is 17.0. The summed E-state index contributed by atoms with van der Waals surface area (Å²) in [5, 5.41) is 11.1. The van der Waals surface area contributed by atoms with Crippen LogP contribution >= 0.6 is 0 Å². The summed E-state index contributed by atoms with van der Waals surface area (Å²) in [5.74, 6) is 3.16. The largest absolute Gasteiger partial charge is 0.493 e. The molecular weight excluding hydrogens is 396 g/mol. The topological polar surface area (TPSA) is 94.7 Å². The average molecular weight is 431 g/mol. The molecule has 0 aliphatic carbocycles. The molecule has 1 aliphatic heterocycles. The predicted octanol–water partition coefficient (Wildman–Crippen LogP) is 1.59. The van der Waals surface area contributed by atoms with Gasteiger partial charge >= 0.3 is 5.69 Å². The number of aromatic nitrogens is 3. The zero-order chi connectivity index (χ0) is 22.1. The zero-order valence-corrected chi connectivity index (χ0v) is 18.8. The molecule has 1 aromatic carbocycles. The first kappa shape index (κ1) is 22.7. The molecule has 3 rings (SSSR count). The molecule has 170 valence electrons. The number of nitrogens with zero attached hydrogens (tertiary/aromatic N) is 4. The fourth-order valence-corrected chi connectivity index (χ4v) is 3.71. The van der Waals surface area contributed by atoms with Crippen LogP contribution in [0.4, 0.5) is 0 Å². The van der Waals surface area contributed by atoms with Crippen molar-refractivity contribution in [1.82, 2.24) is 25.0 Å². The second-order valence-electron chi connectivity index (χ2n) is 7.51. The Bertz CT molecular complexity index is 934. The molecule has 0 saturated heterocycles. The van der Waals surface area contributed by atoms with Crippen molar-refractivity contribution in [3.63, 3.8) is 0 Å². The number of hydrogen-bond donors (Lipinski definition) is 2. The maximum absolute atomic E-state index is 12.4. The minimum absolute atomic E-state index is 0.0126. The van der Waals surface area contributed by atoms with Gasteiger partial charge in [0.1, 0.15) is 5.82 Å². The normalized spacial score (nSPS) is 13.6. The highest BCUT2D eigenvalue weighted by atomic mass is 16.5. The molecule has 9 nitrogen and oxygen atoms in total. The van der Waals surface area contributed by atoms with Gasteiger partial charge in [0.25, 0.3) is 0 Å². The van der Waals surface area contributed by atoms with Gasteiger partial charge in [-0.05, 0) is 50.3 Å². The lowest BCUT2D eigenvalue weighted by atomic mass is 10.1. The summed E-state index contributed by atoms with van der Waals surface area (Å²) in [6.07, 6.45) is 4.67. The summed E-state index contributed by atoms with van der Waals surface area (Å²) in [7, 11) is 3.28. The second kappa shape index (κ2) is 11.4. The van der Waals surface area contributed by atoms with Crippen LogP contribution in [0.2, 0.25) is 0 Å². The van der Waals surface area contributed by atoms with Crippen LogP contribution in [0.1, 0.15) is 37.6 Å². The van der Waals surface area contributed by atoms with E-state index in [-0.39, 0.29) is 5.69 Å². The molecule has 2 heterocycles. The molecule has 1 aliphatic rings. The van der Waals surface area contributed by atoms with Crippen molar-refractivity contribution in [2.45, 2.75) is 52.1 Å². The second-order valence-corrected chi connectivity index (χ2v) is 7.51. The molecule has 0 unspecified atom stereocenters. The lowest BCUT2D eigenvalue weighted by Gasteiger charge is -2.12. The van der Waals surface area contributed by atoms with Gasteiger partial charge in [-0.3, -0.25) is 9.56 Å². The lowest BCUT2D eigenvalue weighted by Crippen LogP contribution is -2.38. The number of rotatable bonds is 10. The third kappa shape index (κ3) is 6.02. The Kier molecular flexibility index (Phi) is 8.37. The number of guanidine groups is 1. The molecule has 0 fully saturated rings. The Morgan fingerprint density at radius 3 is 2.77 bits per heavy atom. The van der Waals surface area contributed by atoms with Gasteiger partial charge in [0, 0.05) is 39.1 Å². The summed E-state index contributed by atoms with van der Waals surface area (Å²) in [5.41, 5.74) is 1.17. The maximum atomic E-state index is 12.4. The lowest BCUT2D eigenvalue weighted by molar-refractivity contribution is 0.354. The van der Waals surface area contributed by atoms with Crippen LogP contribution in [0.15, 0.2) is 28.0 Å². The van der Waals surface area contributed by atoms with Gasteiger partial charge < -0.3 is 20.1 Å². The van der Waals surface area contributed by atoms with E-state index in [0.717, 1.165) is 80.6 Å². The Hall–Kier alpha value is -2.97. The molecule has 2 aromatic rings. The first-order valence-electron chi connectivity index (χ1n) is 11.1. The minimum Gasteiger partial charge on any atom is -0.493 e. The highest BCUT2D eigenvalue weighted by Gasteiger charge is 2.16. The average Bonchev–Trinajstić information content (AvgIpc) is 3.12. The van der Waals surface area contributed by atoms with E-state index in [1.54, 1.807) is 18.9 Å². The third-order valence-corrected chi connectivity index (χ3v) is 5.33. The zero-order valence-electron chi connectivity index (χ0n) is 18.8. The van der Waals surface area contributed by atoms with Crippen molar-refractivity contribution in [3.05, 3.63) is 40.1 Å². The Balaban J connectivity index is 1.48. The summed E-state index contributed by atoms with van der Waals surface area (Å²) < 4.78 is 14.1. The first-order chi connectivity index (χ1) is 15.2. The molecule has 31 heavy (non-hydrogen) atoms. The number of benzene rings is 1. The van der Waals surface area contributed by atoms with E-state index in [2.05, 4.69) is 20.7 Å². The Morgan fingerprint density at radius 2 is 2.03 bits per heavy atom. The Morgan fingerprint density at radius 1 is 1.19 bits per heavy atom. The number of aryl methyl sites for hydroxylation is 2. The summed E-state index contributed by atoms with van der Waals surface area (Å²) in [6, 6.07) is 5.95. The number of fused-ring (bicyclic) bond motifs is 1. The van der Waals surface area contributed by atoms with Crippen molar-refractivity contribution in [1.29, 1.82) is 0 Å². The highest BCUT2D eigenvalue weighted by Crippen LogP contribution is 2.27. The van der Waals surface area contributed by atoms with Gasteiger partial charge in [-0.15, -0.1) is 0 Å². The SMILES string of the molecule is CCNC(=NCCCn1nc2n(c1=O)CCCC2)NCCc1ccc(OC)c(OC)c1. The number of hydrogen-bond acceptors (Lipinski definition) is 5. The van der Waals surface area contributed by atoms with E-state index >= 15 is 0 Å². The van der Waals surface area contributed by atoms with Gasteiger partial charge in [-0.1, -0.05) is 6.07 Å². The van der Waals surface area contributed by atoms with Crippen LogP contribution in [0.5, 0.6) is 11.5 Å². The van der Waals surface area contributed by atoms with E-state index in [9.17, 15) is 4.79 Å². The molecule has 0 saturated carbocycles. The van der Waals surface area contributed by atoms with Gasteiger partial charge in [0.15, 0.2) is 17.5 Å². The van der Waals surface area contributed by atoms with Crippen LogP contribution in [0.25, 0.3) is 0 Å². The monoisotopic (exact) mass is 430 g/mol. The quantitative estimate of drug-likeness (QED) is 0.338. The Labute approximate surface area is 183 Å². The maximum Gasteiger partial charge on any atom is 0.345 e.